The zero-order valence-electron chi connectivity index (χ0n) is 17.3. The summed E-state index contributed by atoms with van der Waals surface area (Å²) in [6, 6.07) is 15.1. The molecule has 0 atom stereocenters. The van der Waals surface area contributed by atoms with Gasteiger partial charge in [-0.2, -0.15) is 0 Å². The number of thiazole rings is 1. The highest BCUT2D eigenvalue weighted by Gasteiger charge is 2.19. The second-order valence-corrected chi connectivity index (χ2v) is 9.87. The molecule has 2 aromatic heterocycles. The molecule has 0 spiro atoms. The minimum absolute atomic E-state index is 0.0569. The number of nitrogens with zero attached hydrogens (tertiary/aromatic N) is 4. The van der Waals surface area contributed by atoms with E-state index in [2.05, 4.69) is 20.5 Å². The van der Waals surface area contributed by atoms with Gasteiger partial charge in [0.25, 0.3) is 5.91 Å². The Morgan fingerprint density at radius 2 is 1.97 bits per heavy atom. The molecule has 10 heteroatoms. The number of hydrogen-bond donors (Lipinski definition) is 1. The van der Waals surface area contributed by atoms with E-state index < -0.39 is 0 Å². The zero-order valence-corrected chi connectivity index (χ0v) is 20.4. The Morgan fingerprint density at radius 1 is 1.16 bits per heavy atom. The summed E-state index contributed by atoms with van der Waals surface area (Å²) in [7, 11) is 0. The molecule has 4 rings (SSSR count). The molecule has 0 radical (unpaired) electrons. The zero-order chi connectivity index (χ0) is 22.7. The molecular weight excluding hydrogens is 485 g/mol. The molecule has 32 heavy (non-hydrogen) atoms. The van der Waals surface area contributed by atoms with E-state index in [0.717, 1.165) is 16.3 Å². The van der Waals surface area contributed by atoms with E-state index in [1.807, 2.05) is 66.9 Å². The largest absolute Gasteiger partial charge is 0.349 e. The van der Waals surface area contributed by atoms with E-state index in [9.17, 15) is 4.79 Å². The summed E-state index contributed by atoms with van der Waals surface area (Å²) in [4.78, 5) is 16.6. The quantitative estimate of drug-likeness (QED) is 0.307. The molecule has 0 fully saturated rings. The summed E-state index contributed by atoms with van der Waals surface area (Å²) < 4.78 is 1.93. The van der Waals surface area contributed by atoms with E-state index >= 15 is 0 Å². The van der Waals surface area contributed by atoms with Crippen molar-refractivity contribution in [3.05, 3.63) is 74.7 Å². The van der Waals surface area contributed by atoms with E-state index in [0.29, 0.717) is 32.5 Å². The van der Waals surface area contributed by atoms with Crippen molar-refractivity contribution in [2.75, 3.05) is 0 Å². The molecule has 0 unspecified atom stereocenters. The summed E-state index contributed by atoms with van der Waals surface area (Å²) >= 11 is 15.6. The van der Waals surface area contributed by atoms with Crippen molar-refractivity contribution in [3.8, 4) is 17.1 Å². The van der Waals surface area contributed by atoms with Crippen LogP contribution in [0.5, 0.6) is 0 Å². The van der Waals surface area contributed by atoms with Crippen LogP contribution >= 0.6 is 46.3 Å². The fraction of sp³-hybridized carbons (Fsp3) is 0.182. The molecule has 0 aliphatic carbocycles. The maximum atomic E-state index is 12.2. The van der Waals surface area contributed by atoms with E-state index in [-0.39, 0.29) is 11.9 Å². The number of nitrogens with one attached hydrogen (secondary N) is 1. The summed E-state index contributed by atoms with van der Waals surface area (Å²) in [5.74, 6) is 0.994. The van der Waals surface area contributed by atoms with Crippen molar-refractivity contribution in [2.24, 2.45) is 0 Å². The second-order valence-electron chi connectivity index (χ2n) is 7.14. The molecule has 1 N–H and O–H groups in total. The van der Waals surface area contributed by atoms with Crippen molar-refractivity contribution < 1.29 is 4.79 Å². The summed E-state index contributed by atoms with van der Waals surface area (Å²) in [6.45, 7) is 3.83. The van der Waals surface area contributed by atoms with Crippen LogP contribution in [0.15, 0.2) is 59.1 Å². The van der Waals surface area contributed by atoms with Gasteiger partial charge in [0.2, 0.25) is 0 Å². The van der Waals surface area contributed by atoms with E-state index in [1.165, 1.54) is 23.1 Å². The Balaban J connectivity index is 1.64. The maximum Gasteiger partial charge on any atom is 0.270 e. The first-order valence-corrected chi connectivity index (χ1v) is 12.4. The van der Waals surface area contributed by atoms with Crippen LogP contribution in [0.1, 0.15) is 29.3 Å². The lowest BCUT2D eigenvalue weighted by Crippen LogP contribution is -2.30. The van der Waals surface area contributed by atoms with Crippen molar-refractivity contribution in [2.45, 2.75) is 30.8 Å². The summed E-state index contributed by atoms with van der Waals surface area (Å²) in [6.07, 6.45) is 0. The molecule has 0 aliphatic rings. The first-order chi connectivity index (χ1) is 15.4. The monoisotopic (exact) mass is 503 g/mol. The van der Waals surface area contributed by atoms with Gasteiger partial charge in [-0.1, -0.05) is 53.2 Å². The minimum atomic E-state index is -0.171. The normalized spacial score (nSPS) is 11.2. The summed E-state index contributed by atoms with van der Waals surface area (Å²) in [5, 5.41) is 16.1. The van der Waals surface area contributed by atoms with Crippen molar-refractivity contribution in [3.63, 3.8) is 0 Å². The smallest absolute Gasteiger partial charge is 0.270 e. The van der Waals surface area contributed by atoms with Gasteiger partial charge in [0, 0.05) is 22.0 Å². The van der Waals surface area contributed by atoms with Gasteiger partial charge in [-0.05, 0) is 44.2 Å². The lowest BCUT2D eigenvalue weighted by atomic mass is 10.2. The lowest BCUT2D eigenvalue weighted by molar-refractivity contribution is 0.0938. The van der Waals surface area contributed by atoms with Gasteiger partial charge in [0.15, 0.2) is 11.0 Å². The number of halogens is 2. The first kappa shape index (κ1) is 22.8. The van der Waals surface area contributed by atoms with Crippen LogP contribution in [-0.4, -0.2) is 31.7 Å². The molecule has 6 nitrogen and oxygen atoms in total. The first-order valence-electron chi connectivity index (χ1n) is 9.76. The third-order valence-corrected chi connectivity index (χ3v) is 6.88. The third-order valence-electron chi connectivity index (χ3n) is 4.34. The fourth-order valence-corrected chi connectivity index (χ4v) is 5.12. The highest BCUT2D eigenvalue weighted by atomic mass is 35.5. The SMILES string of the molecule is CC(C)NC(=O)c1csc(CSc2nnc(-c3ccccc3Cl)n2-c2cccc(Cl)c2)n1. The van der Waals surface area contributed by atoms with Crippen molar-refractivity contribution >= 4 is 52.2 Å². The molecule has 0 saturated heterocycles. The number of thioether (sulfide) groups is 1. The Labute approximate surface area is 204 Å². The molecular formula is C22H19Cl2N5OS2. The molecule has 1 amide bonds. The van der Waals surface area contributed by atoms with Crippen LogP contribution in [0.4, 0.5) is 0 Å². The topological polar surface area (TPSA) is 72.7 Å². The Morgan fingerprint density at radius 3 is 2.72 bits per heavy atom. The molecule has 0 bridgehead atoms. The highest BCUT2D eigenvalue weighted by Crippen LogP contribution is 2.33. The highest BCUT2D eigenvalue weighted by molar-refractivity contribution is 7.98. The van der Waals surface area contributed by atoms with Crippen molar-refractivity contribution in [1.29, 1.82) is 0 Å². The van der Waals surface area contributed by atoms with Crippen LogP contribution in [0.3, 0.4) is 0 Å². The molecule has 2 heterocycles. The molecule has 4 aromatic rings. The number of aromatic nitrogens is 4. The van der Waals surface area contributed by atoms with Gasteiger partial charge in [0.05, 0.1) is 16.5 Å². The predicted octanol–water partition coefficient (Wildman–Crippen LogP) is 6.13. The molecule has 164 valence electrons. The van der Waals surface area contributed by atoms with Crippen LogP contribution in [0, 0.1) is 0 Å². The van der Waals surface area contributed by atoms with Crippen LogP contribution in [0.25, 0.3) is 17.1 Å². The Bertz CT molecular complexity index is 1250. The number of carbonyl (C=O) groups excluding carboxylic acids is 1. The van der Waals surface area contributed by atoms with Gasteiger partial charge in [-0.25, -0.2) is 4.98 Å². The van der Waals surface area contributed by atoms with Crippen LogP contribution in [-0.2, 0) is 5.75 Å². The Kier molecular flexibility index (Phi) is 7.15. The van der Waals surface area contributed by atoms with E-state index in [1.54, 1.807) is 5.38 Å². The van der Waals surface area contributed by atoms with Gasteiger partial charge in [0.1, 0.15) is 10.7 Å². The lowest BCUT2D eigenvalue weighted by Gasteiger charge is -2.11. The predicted molar refractivity (Wildman–Crippen MR) is 131 cm³/mol. The Hall–Kier alpha value is -2.39. The van der Waals surface area contributed by atoms with E-state index in [4.69, 9.17) is 23.2 Å². The van der Waals surface area contributed by atoms with Crippen molar-refractivity contribution in [1.82, 2.24) is 25.1 Å². The average molecular weight is 504 g/mol. The van der Waals surface area contributed by atoms with Gasteiger partial charge >= 0.3 is 0 Å². The van der Waals surface area contributed by atoms with Crippen LogP contribution < -0.4 is 5.32 Å². The fourth-order valence-electron chi connectivity index (χ4n) is 2.97. The number of hydrogen-bond acceptors (Lipinski definition) is 6. The molecule has 0 aliphatic heterocycles. The maximum absolute atomic E-state index is 12.2. The second kappa shape index (κ2) is 10.0. The van der Waals surface area contributed by atoms with Gasteiger partial charge in [-0.15, -0.1) is 21.5 Å². The van der Waals surface area contributed by atoms with Gasteiger partial charge < -0.3 is 5.32 Å². The van der Waals surface area contributed by atoms with Crippen LogP contribution in [0.2, 0.25) is 10.0 Å². The molecule has 0 saturated carbocycles. The standard InChI is InChI=1S/C22H19Cl2N5OS2/c1-13(2)25-21(30)18-11-31-19(26-18)12-32-22-28-27-20(16-8-3-4-9-17(16)24)29(22)15-7-5-6-14(23)10-15/h3-11,13H,12H2,1-2H3,(H,25,30). The average Bonchev–Trinajstić information content (AvgIpc) is 3.39. The number of carbonyl (C=O) groups is 1. The number of rotatable bonds is 7. The summed E-state index contributed by atoms with van der Waals surface area (Å²) in [5.41, 5.74) is 2.03. The molecule has 2 aromatic carbocycles. The third kappa shape index (κ3) is 5.15. The minimum Gasteiger partial charge on any atom is -0.349 e. The number of benzene rings is 2. The van der Waals surface area contributed by atoms with Gasteiger partial charge in [-0.3, -0.25) is 9.36 Å². The number of amides is 1.